The van der Waals surface area contributed by atoms with E-state index in [0.29, 0.717) is 12.5 Å². The predicted octanol–water partition coefficient (Wildman–Crippen LogP) is 1.40. The van der Waals surface area contributed by atoms with Gasteiger partial charge in [-0.25, -0.2) is 4.98 Å². The van der Waals surface area contributed by atoms with Crippen molar-refractivity contribution >= 4 is 0 Å². The Hall–Kier alpha value is -1.09. The molecular formula is C10H15NO2. The van der Waals surface area contributed by atoms with E-state index < -0.39 is 6.10 Å². The van der Waals surface area contributed by atoms with Gasteiger partial charge >= 0.3 is 0 Å². The molecular weight excluding hydrogens is 166 g/mol. The topological polar surface area (TPSA) is 42.4 Å². The molecule has 72 valence electrons. The SMILES string of the molecule is CCc1ccc(OCC(C)O)nc1. The maximum absolute atomic E-state index is 8.96. The minimum Gasteiger partial charge on any atom is -0.475 e. The van der Waals surface area contributed by atoms with Crippen LogP contribution in [0.5, 0.6) is 5.88 Å². The highest BCUT2D eigenvalue weighted by Gasteiger charge is 1.98. The molecule has 0 amide bonds. The van der Waals surface area contributed by atoms with Gasteiger partial charge in [0.05, 0.1) is 6.10 Å². The summed E-state index contributed by atoms with van der Waals surface area (Å²) in [5, 5.41) is 8.96. The molecule has 0 saturated heterocycles. The number of nitrogens with zero attached hydrogens (tertiary/aromatic N) is 1. The number of rotatable bonds is 4. The number of aromatic nitrogens is 1. The van der Waals surface area contributed by atoms with Crippen molar-refractivity contribution in [3.8, 4) is 5.88 Å². The Balaban J connectivity index is 2.49. The smallest absolute Gasteiger partial charge is 0.213 e. The van der Waals surface area contributed by atoms with Gasteiger partial charge < -0.3 is 9.84 Å². The van der Waals surface area contributed by atoms with Gasteiger partial charge in [-0.15, -0.1) is 0 Å². The lowest BCUT2D eigenvalue weighted by molar-refractivity contribution is 0.120. The molecule has 0 aliphatic heterocycles. The molecule has 0 aliphatic carbocycles. The van der Waals surface area contributed by atoms with Crippen LogP contribution >= 0.6 is 0 Å². The van der Waals surface area contributed by atoms with Crippen LogP contribution in [0.15, 0.2) is 18.3 Å². The first kappa shape index (κ1) is 9.99. The van der Waals surface area contributed by atoms with E-state index in [2.05, 4.69) is 11.9 Å². The number of pyridine rings is 1. The lowest BCUT2D eigenvalue weighted by Gasteiger charge is -2.06. The zero-order valence-corrected chi connectivity index (χ0v) is 8.03. The van der Waals surface area contributed by atoms with Crippen LogP contribution < -0.4 is 4.74 Å². The molecule has 3 nitrogen and oxygen atoms in total. The zero-order valence-electron chi connectivity index (χ0n) is 8.03. The molecule has 0 radical (unpaired) electrons. The summed E-state index contributed by atoms with van der Waals surface area (Å²) in [7, 11) is 0. The van der Waals surface area contributed by atoms with Crippen molar-refractivity contribution < 1.29 is 9.84 Å². The van der Waals surface area contributed by atoms with Gasteiger partial charge in [-0.2, -0.15) is 0 Å². The molecule has 0 aromatic carbocycles. The fourth-order valence-corrected chi connectivity index (χ4v) is 0.911. The number of hydrogen-bond donors (Lipinski definition) is 1. The summed E-state index contributed by atoms with van der Waals surface area (Å²) >= 11 is 0. The summed E-state index contributed by atoms with van der Waals surface area (Å²) in [5.41, 5.74) is 1.18. The van der Waals surface area contributed by atoms with E-state index >= 15 is 0 Å². The van der Waals surface area contributed by atoms with Crippen molar-refractivity contribution in [2.24, 2.45) is 0 Å². The number of aryl methyl sites for hydroxylation is 1. The number of aliphatic hydroxyl groups is 1. The average molecular weight is 181 g/mol. The molecule has 0 fully saturated rings. The second-order valence-corrected chi connectivity index (χ2v) is 3.02. The standard InChI is InChI=1S/C10H15NO2/c1-3-9-4-5-10(11-6-9)13-7-8(2)12/h4-6,8,12H,3,7H2,1-2H3. The maximum Gasteiger partial charge on any atom is 0.213 e. The molecule has 3 heteroatoms. The van der Waals surface area contributed by atoms with Crippen LogP contribution in [0.3, 0.4) is 0 Å². The Morgan fingerprint density at radius 3 is 2.77 bits per heavy atom. The van der Waals surface area contributed by atoms with E-state index in [1.54, 1.807) is 13.1 Å². The summed E-state index contributed by atoms with van der Waals surface area (Å²) in [4.78, 5) is 4.09. The van der Waals surface area contributed by atoms with Crippen molar-refractivity contribution in [3.05, 3.63) is 23.9 Å². The second kappa shape index (κ2) is 4.82. The molecule has 1 atom stereocenters. The van der Waals surface area contributed by atoms with Crippen molar-refractivity contribution in [2.45, 2.75) is 26.4 Å². The maximum atomic E-state index is 8.96. The van der Waals surface area contributed by atoms with Gasteiger partial charge in [-0.3, -0.25) is 0 Å². The molecule has 0 bridgehead atoms. The Morgan fingerprint density at radius 2 is 2.31 bits per heavy atom. The summed E-state index contributed by atoms with van der Waals surface area (Å²) in [6.45, 7) is 4.05. The second-order valence-electron chi connectivity index (χ2n) is 3.02. The van der Waals surface area contributed by atoms with Gasteiger partial charge in [0.1, 0.15) is 6.61 Å². The van der Waals surface area contributed by atoms with Gasteiger partial charge in [0.25, 0.3) is 0 Å². The molecule has 0 saturated carbocycles. The van der Waals surface area contributed by atoms with Crippen molar-refractivity contribution in [1.82, 2.24) is 4.98 Å². The van der Waals surface area contributed by atoms with Crippen LogP contribution in [-0.2, 0) is 6.42 Å². The predicted molar refractivity (Wildman–Crippen MR) is 50.8 cm³/mol. The highest BCUT2D eigenvalue weighted by atomic mass is 16.5. The lowest BCUT2D eigenvalue weighted by atomic mass is 10.2. The largest absolute Gasteiger partial charge is 0.475 e. The monoisotopic (exact) mass is 181 g/mol. The minimum atomic E-state index is -0.451. The van der Waals surface area contributed by atoms with E-state index in [9.17, 15) is 0 Å². The van der Waals surface area contributed by atoms with E-state index in [-0.39, 0.29) is 0 Å². The van der Waals surface area contributed by atoms with Gasteiger partial charge in [0.2, 0.25) is 5.88 Å². The normalized spacial score (nSPS) is 12.5. The van der Waals surface area contributed by atoms with Gasteiger partial charge in [0, 0.05) is 12.3 Å². The molecule has 0 aliphatic rings. The van der Waals surface area contributed by atoms with Crippen molar-refractivity contribution in [3.63, 3.8) is 0 Å². The fourth-order valence-electron chi connectivity index (χ4n) is 0.911. The summed E-state index contributed by atoms with van der Waals surface area (Å²) in [5.74, 6) is 0.568. The third-order valence-corrected chi connectivity index (χ3v) is 1.68. The van der Waals surface area contributed by atoms with Crippen molar-refractivity contribution in [2.75, 3.05) is 6.61 Å². The number of ether oxygens (including phenoxy) is 1. The van der Waals surface area contributed by atoms with Crippen LogP contribution in [0.25, 0.3) is 0 Å². The summed E-state index contributed by atoms with van der Waals surface area (Å²) in [6.07, 6.45) is 2.31. The average Bonchev–Trinajstić information content (AvgIpc) is 2.15. The highest BCUT2D eigenvalue weighted by molar-refractivity contribution is 5.17. The van der Waals surface area contributed by atoms with Crippen LogP contribution in [0.2, 0.25) is 0 Å². The first-order chi connectivity index (χ1) is 6.22. The van der Waals surface area contributed by atoms with Crippen LogP contribution in [0, 0.1) is 0 Å². The molecule has 1 N–H and O–H groups in total. The minimum absolute atomic E-state index is 0.290. The van der Waals surface area contributed by atoms with Crippen LogP contribution in [0.4, 0.5) is 0 Å². The van der Waals surface area contributed by atoms with Gasteiger partial charge in [-0.05, 0) is 18.9 Å². The number of aliphatic hydroxyl groups excluding tert-OH is 1. The molecule has 1 unspecified atom stereocenters. The van der Waals surface area contributed by atoms with Crippen LogP contribution in [-0.4, -0.2) is 22.8 Å². The van der Waals surface area contributed by atoms with Crippen LogP contribution in [0.1, 0.15) is 19.4 Å². The van der Waals surface area contributed by atoms with E-state index in [1.165, 1.54) is 5.56 Å². The molecule has 1 aromatic rings. The lowest BCUT2D eigenvalue weighted by Crippen LogP contribution is -2.13. The van der Waals surface area contributed by atoms with Gasteiger partial charge in [0.15, 0.2) is 0 Å². The Labute approximate surface area is 78.4 Å². The molecule has 1 rings (SSSR count). The Kier molecular flexibility index (Phi) is 3.71. The summed E-state index contributed by atoms with van der Waals surface area (Å²) in [6, 6.07) is 3.80. The molecule has 1 heterocycles. The first-order valence-corrected chi connectivity index (χ1v) is 4.48. The Morgan fingerprint density at radius 1 is 1.54 bits per heavy atom. The Bertz CT molecular complexity index is 244. The zero-order chi connectivity index (χ0) is 9.68. The molecule has 13 heavy (non-hydrogen) atoms. The third-order valence-electron chi connectivity index (χ3n) is 1.68. The fraction of sp³-hybridized carbons (Fsp3) is 0.500. The van der Waals surface area contributed by atoms with E-state index in [4.69, 9.17) is 9.84 Å². The quantitative estimate of drug-likeness (QED) is 0.763. The first-order valence-electron chi connectivity index (χ1n) is 4.48. The van der Waals surface area contributed by atoms with Crippen molar-refractivity contribution in [1.29, 1.82) is 0 Å². The number of hydrogen-bond acceptors (Lipinski definition) is 3. The molecule has 0 spiro atoms. The highest BCUT2D eigenvalue weighted by Crippen LogP contribution is 2.07. The van der Waals surface area contributed by atoms with E-state index in [1.807, 2.05) is 12.1 Å². The van der Waals surface area contributed by atoms with E-state index in [0.717, 1.165) is 6.42 Å². The molecule has 1 aromatic heterocycles. The summed E-state index contributed by atoms with van der Waals surface area (Å²) < 4.78 is 5.21. The third kappa shape index (κ3) is 3.42. The van der Waals surface area contributed by atoms with Gasteiger partial charge in [-0.1, -0.05) is 13.0 Å².